The average molecular weight is 441 g/mol. The van der Waals surface area contributed by atoms with Gasteiger partial charge in [0.15, 0.2) is 5.82 Å². The van der Waals surface area contributed by atoms with Crippen molar-refractivity contribution in [3.63, 3.8) is 0 Å². The zero-order chi connectivity index (χ0) is 20.0. The monoisotopic (exact) mass is 440 g/mol. The van der Waals surface area contributed by atoms with Gasteiger partial charge in [-0.3, -0.25) is 9.78 Å². The molecule has 0 N–H and O–H groups in total. The Morgan fingerprint density at radius 1 is 1.07 bits per heavy atom. The second-order valence-corrected chi connectivity index (χ2v) is 7.96. The topological polar surface area (TPSA) is 73.3 Å². The lowest BCUT2D eigenvalue weighted by Crippen LogP contribution is -2.23. The SMILES string of the molecule is O=c1/c(=C/c2ccc(-c3cc(Cl)ccc3Cl)o2)sc2nc(-c3ccncc3)nn12. The van der Waals surface area contributed by atoms with Gasteiger partial charge in [0.25, 0.3) is 5.56 Å². The summed E-state index contributed by atoms with van der Waals surface area (Å²) >= 11 is 13.5. The third-order valence-corrected chi connectivity index (χ3v) is 5.74. The van der Waals surface area contributed by atoms with E-state index in [1.807, 2.05) is 0 Å². The molecule has 0 saturated carbocycles. The van der Waals surface area contributed by atoms with Crippen LogP contribution in [0.3, 0.4) is 0 Å². The summed E-state index contributed by atoms with van der Waals surface area (Å²) in [7, 11) is 0. The number of halogens is 2. The van der Waals surface area contributed by atoms with Crippen LogP contribution in [0.1, 0.15) is 5.76 Å². The molecule has 0 radical (unpaired) electrons. The lowest BCUT2D eigenvalue weighted by Gasteiger charge is -2.00. The van der Waals surface area contributed by atoms with Crippen molar-refractivity contribution in [3.05, 3.63) is 85.5 Å². The fraction of sp³-hybridized carbons (Fsp3) is 0. The average Bonchev–Trinajstić information content (AvgIpc) is 3.42. The summed E-state index contributed by atoms with van der Waals surface area (Å²) in [6.07, 6.45) is 4.97. The molecule has 0 unspecified atom stereocenters. The lowest BCUT2D eigenvalue weighted by molar-refractivity contribution is 0.571. The molecular formula is C20H10Cl2N4O2S. The van der Waals surface area contributed by atoms with Gasteiger partial charge in [0, 0.05) is 34.6 Å². The molecule has 5 aromatic rings. The van der Waals surface area contributed by atoms with Crippen molar-refractivity contribution >= 4 is 45.6 Å². The van der Waals surface area contributed by atoms with E-state index >= 15 is 0 Å². The highest BCUT2D eigenvalue weighted by atomic mass is 35.5. The molecule has 5 rings (SSSR count). The zero-order valence-electron chi connectivity index (χ0n) is 14.5. The van der Waals surface area contributed by atoms with Crippen LogP contribution in [-0.4, -0.2) is 19.6 Å². The Balaban J connectivity index is 1.54. The summed E-state index contributed by atoms with van der Waals surface area (Å²) in [6.45, 7) is 0. The van der Waals surface area contributed by atoms with Crippen LogP contribution < -0.4 is 10.1 Å². The number of furan rings is 1. The fourth-order valence-corrected chi connectivity index (χ4v) is 4.12. The van der Waals surface area contributed by atoms with Gasteiger partial charge in [-0.1, -0.05) is 34.5 Å². The molecule has 0 saturated heterocycles. The van der Waals surface area contributed by atoms with E-state index in [2.05, 4.69) is 15.1 Å². The van der Waals surface area contributed by atoms with Gasteiger partial charge in [0.1, 0.15) is 16.1 Å². The quantitative estimate of drug-likeness (QED) is 0.417. The number of rotatable bonds is 3. The summed E-state index contributed by atoms with van der Waals surface area (Å²) in [5.41, 5.74) is 1.23. The van der Waals surface area contributed by atoms with Crippen molar-refractivity contribution in [2.24, 2.45) is 0 Å². The van der Waals surface area contributed by atoms with Crippen LogP contribution in [0.25, 0.3) is 33.7 Å². The van der Waals surface area contributed by atoms with Gasteiger partial charge >= 0.3 is 0 Å². The number of aromatic nitrogens is 4. The van der Waals surface area contributed by atoms with E-state index in [1.54, 1.807) is 60.9 Å². The maximum atomic E-state index is 12.7. The zero-order valence-corrected chi connectivity index (χ0v) is 16.9. The molecule has 0 bridgehead atoms. The van der Waals surface area contributed by atoms with Crippen LogP contribution in [0, 0.1) is 0 Å². The smallest absolute Gasteiger partial charge is 0.291 e. The van der Waals surface area contributed by atoms with Crippen LogP contribution in [0.2, 0.25) is 10.0 Å². The Bertz CT molecular complexity index is 1460. The lowest BCUT2D eigenvalue weighted by atomic mass is 10.2. The summed E-state index contributed by atoms with van der Waals surface area (Å²) in [4.78, 5) is 21.6. The Kier molecular flexibility index (Phi) is 4.43. The van der Waals surface area contributed by atoms with Crippen LogP contribution in [0.5, 0.6) is 0 Å². The second-order valence-electron chi connectivity index (χ2n) is 6.11. The van der Waals surface area contributed by atoms with E-state index in [1.165, 1.54) is 15.9 Å². The molecule has 142 valence electrons. The first-order valence-electron chi connectivity index (χ1n) is 8.45. The Morgan fingerprint density at radius 2 is 1.90 bits per heavy atom. The molecule has 4 heterocycles. The molecule has 0 aliphatic carbocycles. The number of hydrogen-bond donors (Lipinski definition) is 0. The van der Waals surface area contributed by atoms with Crippen molar-refractivity contribution in [3.8, 4) is 22.7 Å². The second kappa shape index (κ2) is 7.11. The predicted molar refractivity (Wildman–Crippen MR) is 113 cm³/mol. The van der Waals surface area contributed by atoms with E-state index in [0.29, 0.717) is 42.4 Å². The Morgan fingerprint density at radius 3 is 2.69 bits per heavy atom. The molecule has 0 atom stereocenters. The first-order chi connectivity index (χ1) is 14.1. The molecule has 9 heteroatoms. The number of pyridine rings is 1. The third kappa shape index (κ3) is 3.33. The van der Waals surface area contributed by atoms with Crippen LogP contribution >= 0.6 is 34.5 Å². The van der Waals surface area contributed by atoms with Crippen molar-refractivity contribution in [2.75, 3.05) is 0 Å². The van der Waals surface area contributed by atoms with E-state index in [-0.39, 0.29) is 5.56 Å². The van der Waals surface area contributed by atoms with Crippen molar-refractivity contribution in [1.82, 2.24) is 19.6 Å². The van der Waals surface area contributed by atoms with Gasteiger partial charge in [-0.15, -0.1) is 5.10 Å². The summed E-state index contributed by atoms with van der Waals surface area (Å²) in [6, 6.07) is 12.3. The minimum Gasteiger partial charge on any atom is -0.457 e. The normalized spacial score (nSPS) is 12.1. The summed E-state index contributed by atoms with van der Waals surface area (Å²) in [5, 5.41) is 5.40. The largest absolute Gasteiger partial charge is 0.457 e. The highest BCUT2D eigenvalue weighted by Crippen LogP contribution is 2.31. The Hall–Kier alpha value is -3.00. The standard InChI is InChI=1S/C20H10Cl2N4O2S/c21-12-1-3-15(22)14(9-12)16-4-2-13(28-16)10-17-19(27)26-20(29-17)24-18(25-26)11-5-7-23-8-6-11/h1-10H/b17-10-. The maximum absolute atomic E-state index is 12.7. The summed E-state index contributed by atoms with van der Waals surface area (Å²) in [5.74, 6) is 1.57. The minimum absolute atomic E-state index is 0.253. The van der Waals surface area contributed by atoms with Gasteiger partial charge in [-0.25, -0.2) is 0 Å². The number of thiazole rings is 1. The van der Waals surface area contributed by atoms with Crippen molar-refractivity contribution < 1.29 is 4.42 Å². The van der Waals surface area contributed by atoms with Gasteiger partial charge in [-0.05, 0) is 42.5 Å². The number of benzene rings is 1. The molecular weight excluding hydrogens is 431 g/mol. The predicted octanol–water partition coefficient (Wildman–Crippen LogP) is 4.33. The van der Waals surface area contributed by atoms with E-state index in [9.17, 15) is 4.79 Å². The number of fused-ring (bicyclic) bond motifs is 1. The molecule has 6 nitrogen and oxygen atoms in total. The van der Waals surface area contributed by atoms with Gasteiger partial charge in [0.2, 0.25) is 4.96 Å². The molecule has 0 aliphatic rings. The molecule has 29 heavy (non-hydrogen) atoms. The van der Waals surface area contributed by atoms with Crippen LogP contribution in [-0.2, 0) is 0 Å². The summed E-state index contributed by atoms with van der Waals surface area (Å²) < 4.78 is 7.61. The third-order valence-electron chi connectivity index (χ3n) is 4.21. The van der Waals surface area contributed by atoms with E-state index in [4.69, 9.17) is 27.6 Å². The van der Waals surface area contributed by atoms with E-state index in [0.717, 1.165) is 5.56 Å². The fourth-order valence-electron chi connectivity index (χ4n) is 2.85. The molecule has 1 aromatic carbocycles. The maximum Gasteiger partial charge on any atom is 0.291 e. The first kappa shape index (κ1) is 18.1. The highest BCUT2D eigenvalue weighted by molar-refractivity contribution is 7.15. The molecule has 0 spiro atoms. The highest BCUT2D eigenvalue weighted by Gasteiger charge is 2.13. The number of hydrogen-bond acceptors (Lipinski definition) is 6. The van der Waals surface area contributed by atoms with Crippen LogP contribution in [0.4, 0.5) is 0 Å². The van der Waals surface area contributed by atoms with E-state index < -0.39 is 0 Å². The minimum atomic E-state index is -0.253. The molecule has 0 amide bonds. The number of nitrogens with zero attached hydrogens (tertiary/aromatic N) is 4. The van der Waals surface area contributed by atoms with Gasteiger partial charge < -0.3 is 4.42 Å². The molecule has 0 fully saturated rings. The van der Waals surface area contributed by atoms with Gasteiger partial charge in [0.05, 0.1) is 5.02 Å². The molecule has 0 aliphatic heterocycles. The van der Waals surface area contributed by atoms with Crippen molar-refractivity contribution in [2.45, 2.75) is 0 Å². The van der Waals surface area contributed by atoms with Crippen molar-refractivity contribution in [1.29, 1.82) is 0 Å². The first-order valence-corrected chi connectivity index (χ1v) is 10.0. The van der Waals surface area contributed by atoms with Gasteiger partial charge in [-0.2, -0.15) is 9.50 Å². The Labute approximate surface area is 177 Å². The van der Waals surface area contributed by atoms with Crippen LogP contribution in [0.15, 0.2) is 64.1 Å². The molecule has 4 aromatic heterocycles.